The van der Waals surface area contributed by atoms with Crippen molar-refractivity contribution in [2.45, 2.75) is 13.8 Å². The third-order valence-corrected chi connectivity index (χ3v) is 1.03. The van der Waals surface area contributed by atoms with Gasteiger partial charge in [-0.3, -0.25) is 0 Å². The molecule has 0 aliphatic heterocycles. The molecule has 1 heteroatoms. The van der Waals surface area contributed by atoms with Crippen molar-refractivity contribution in [3.63, 3.8) is 0 Å². The van der Waals surface area contributed by atoms with E-state index in [9.17, 15) is 0 Å². The lowest BCUT2D eigenvalue weighted by atomic mass is 10.2. The molecule has 0 spiro atoms. The van der Waals surface area contributed by atoms with Crippen LogP contribution in [-0.4, -0.2) is 0 Å². The molecule has 2 N–H and O–H groups in total. The molecule has 0 unspecified atom stereocenters. The predicted octanol–water partition coefficient (Wildman–Crippen LogP) is 1.98. The van der Waals surface area contributed by atoms with Gasteiger partial charge in [-0.25, -0.2) is 0 Å². The van der Waals surface area contributed by atoms with Crippen molar-refractivity contribution in [2.75, 3.05) is 0 Å². The Hall–Kier alpha value is -0.980. The quantitative estimate of drug-likeness (QED) is 0.558. The van der Waals surface area contributed by atoms with E-state index < -0.39 is 0 Å². The minimum absolute atomic E-state index is 0.621. The van der Waals surface area contributed by atoms with Crippen LogP contribution < -0.4 is 5.73 Å². The Labute approximate surface area is 56.6 Å². The highest BCUT2D eigenvalue weighted by Crippen LogP contribution is 2.01. The molecule has 0 aliphatic rings. The first-order chi connectivity index (χ1) is 4.22. The number of hydrogen-bond donors (Lipinski definition) is 1. The third kappa shape index (κ3) is 2.75. The van der Waals surface area contributed by atoms with E-state index in [1.54, 1.807) is 0 Å². The molecule has 0 aromatic heterocycles. The second-order valence-corrected chi connectivity index (χ2v) is 1.77. The van der Waals surface area contributed by atoms with Gasteiger partial charge in [0.15, 0.2) is 0 Å². The Balaban J connectivity index is 4.19. The van der Waals surface area contributed by atoms with Crippen LogP contribution in [0, 0.1) is 0 Å². The first-order valence-electron chi connectivity index (χ1n) is 2.96. The highest BCUT2D eigenvalue weighted by Gasteiger charge is 1.87. The van der Waals surface area contributed by atoms with Crippen LogP contribution >= 0.6 is 0 Å². The molecule has 0 radical (unpaired) electrons. The summed E-state index contributed by atoms with van der Waals surface area (Å²) in [6.45, 7) is 7.49. The maximum absolute atomic E-state index is 5.42. The number of hydrogen-bond acceptors (Lipinski definition) is 1. The second-order valence-electron chi connectivity index (χ2n) is 1.77. The molecule has 0 saturated carbocycles. The van der Waals surface area contributed by atoms with Crippen LogP contribution in [0.15, 0.2) is 36.1 Å². The van der Waals surface area contributed by atoms with Gasteiger partial charge in [0.05, 0.1) is 0 Å². The molecule has 0 fully saturated rings. The van der Waals surface area contributed by atoms with E-state index in [0.717, 1.165) is 5.57 Å². The lowest BCUT2D eigenvalue weighted by molar-refractivity contribution is 1.35. The van der Waals surface area contributed by atoms with E-state index in [4.69, 9.17) is 5.73 Å². The fourth-order valence-electron chi connectivity index (χ4n) is 0.568. The van der Waals surface area contributed by atoms with Gasteiger partial charge in [-0.15, -0.1) is 0 Å². The van der Waals surface area contributed by atoms with Crippen molar-refractivity contribution in [3.05, 3.63) is 36.1 Å². The zero-order chi connectivity index (χ0) is 7.28. The molecule has 0 bridgehead atoms. The minimum atomic E-state index is 0.621. The summed E-state index contributed by atoms with van der Waals surface area (Å²) in [6.07, 6.45) is 5.80. The Morgan fingerprint density at radius 3 is 2.11 bits per heavy atom. The van der Waals surface area contributed by atoms with E-state index in [1.165, 1.54) is 0 Å². The predicted molar refractivity (Wildman–Crippen MR) is 41.9 cm³/mol. The van der Waals surface area contributed by atoms with Gasteiger partial charge in [-0.05, 0) is 19.4 Å². The molecular formula is C8H13N. The highest BCUT2D eigenvalue weighted by molar-refractivity contribution is 5.34. The zero-order valence-electron chi connectivity index (χ0n) is 6.02. The van der Waals surface area contributed by atoms with Crippen LogP contribution in [-0.2, 0) is 0 Å². The van der Waals surface area contributed by atoms with Crippen molar-refractivity contribution in [1.29, 1.82) is 0 Å². The molecule has 0 aromatic rings. The average Bonchev–Trinajstić information content (AvgIpc) is 1.82. The van der Waals surface area contributed by atoms with Crippen molar-refractivity contribution in [1.82, 2.24) is 0 Å². The van der Waals surface area contributed by atoms with Gasteiger partial charge in [0.25, 0.3) is 0 Å². The summed E-state index contributed by atoms with van der Waals surface area (Å²) in [7, 11) is 0. The summed E-state index contributed by atoms with van der Waals surface area (Å²) < 4.78 is 0. The maximum Gasteiger partial charge on any atom is 0.0311 e. The smallest absolute Gasteiger partial charge is 0.0311 e. The summed E-state index contributed by atoms with van der Waals surface area (Å²) in [6, 6.07) is 0. The molecule has 0 aliphatic carbocycles. The SMILES string of the molecule is C=C(N)C(/C=C\C)=C/C. The molecular weight excluding hydrogens is 110 g/mol. The average molecular weight is 123 g/mol. The van der Waals surface area contributed by atoms with E-state index in [1.807, 2.05) is 32.1 Å². The van der Waals surface area contributed by atoms with Gasteiger partial charge >= 0.3 is 0 Å². The third-order valence-electron chi connectivity index (χ3n) is 1.03. The van der Waals surface area contributed by atoms with Crippen molar-refractivity contribution in [3.8, 4) is 0 Å². The molecule has 0 amide bonds. The topological polar surface area (TPSA) is 26.0 Å². The number of nitrogens with two attached hydrogens (primary N) is 1. The van der Waals surface area contributed by atoms with Crippen LogP contribution in [0.4, 0.5) is 0 Å². The summed E-state index contributed by atoms with van der Waals surface area (Å²) in [5, 5.41) is 0. The minimum Gasteiger partial charge on any atom is -0.399 e. The van der Waals surface area contributed by atoms with Crippen LogP contribution in [0.5, 0.6) is 0 Å². The number of allylic oxidation sites excluding steroid dienone is 3. The van der Waals surface area contributed by atoms with Crippen molar-refractivity contribution in [2.24, 2.45) is 5.73 Å². The summed E-state index contributed by atoms with van der Waals surface area (Å²) in [5.41, 5.74) is 7.04. The first-order valence-corrected chi connectivity index (χ1v) is 2.96. The van der Waals surface area contributed by atoms with Crippen molar-refractivity contribution >= 4 is 0 Å². The maximum atomic E-state index is 5.42. The Morgan fingerprint density at radius 1 is 1.44 bits per heavy atom. The normalized spacial score (nSPS) is 12.4. The van der Waals surface area contributed by atoms with Gasteiger partial charge in [-0.1, -0.05) is 24.8 Å². The monoisotopic (exact) mass is 123 g/mol. The van der Waals surface area contributed by atoms with E-state index in [-0.39, 0.29) is 0 Å². The molecule has 9 heavy (non-hydrogen) atoms. The molecule has 50 valence electrons. The molecule has 0 atom stereocenters. The van der Waals surface area contributed by atoms with Crippen LogP contribution in [0.3, 0.4) is 0 Å². The standard InChI is InChI=1S/C8H13N/c1-4-6-8(5-2)7(3)9/h4-6H,3,9H2,1-2H3/b6-4-,8-5+. The van der Waals surface area contributed by atoms with Gasteiger partial charge in [0.2, 0.25) is 0 Å². The Kier molecular flexibility index (Phi) is 3.52. The fourth-order valence-corrected chi connectivity index (χ4v) is 0.568. The zero-order valence-corrected chi connectivity index (χ0v) is 6.02. The molecule has 0 rings (SSSR count). The van der Waals surface area contributed by atoms with Gasteiger partial charge in [-0.2, -0.15) is 0 Å². The number of rotatable bonds is 2. The summed E-state index contributed by atoms with van der Waals surface area (Å²) in [4.78, 5) is 0. The van der Waals surface area contributed by atoms with Crippen LogP contribution in [0.25, 0.3) is 0 Å². The van der Waals surface area contributed by atoms with Crippen LogP contribution in [0.1, 0.15) is 13.8 Å². The summed E-state index contributed by atoms with van der Waals surface area (Å²) >= 11 is 0. The van der Waals surface area contributed by atoms with Crippen molar-refractivity contribution < 1.29 is 0 Å². The molecule has 0 saturated heterocycles. The molecule has 1 nitrogen and oxygen atoms in total. The van der Waals surface area contributed by atoms with E-state index in [2.05, 4.69) is 6.58 Å². The first kappa shape index (κ1) is 8.02. The lowest BCUT2D eigenvalue weighted by Gasteiger charge is -1.96. The Morgan fingerprint density at radius 2 is 2.00 bits per heavy atom. The lowest BCUT2D eigenvalue weighted by Crippen LogP contribution is -1.95. The fraction of sp³-hybridized carbons (Fsp3) is 0.250. The Bertz CT molecular complexity index is 152. The highest BCUT2D eigenvalue weighted by atomic mass is 14.6. The van der Waals surface area contributed by atoms with E-state index >= 15 is 0 Å². The van der Waals surface area contributed by atoms with Gasteiger partial charge in [0.1, 0.15) is 0 Å². The summed E-state index contributed by atoms with van der Waals surface area (Å²) in [5.74, 6) is 0. The molecule has 0 aromatic carbocycles. The second kappa shape index (κ2) is 3.96. The largest absolute Gasteiger partial charge is 0.399 e. The van der Waals surface area contributed by atoms with E-state index in [0.29, 0.717) is 5.70 Å². The van der Waals surface area contributed by atoms with Gasteiger partial charge < -0.3 is 5.73 Å². The van der Waals surface area contributed by atoms with Crippen LogP contribution in [0.2, 0.25) is 0 Å². The molecule has 0 heterocycles. The van der Waals surface area contributed by atoms with Gasteiger partial charge in [0, 0.05) is 5.70 Å².